The highest BCUT2D eigenvalue weighted by molar-refractivity contribution is 5.94. The van der Waals surface area contributed by atoms with Crippen molar-refractivity contribution < 1.29 is 14.3 Å². The van der Waals surface area contributed by atoms with Crippen LogP contribution >= 0.6 is 0 Å². The maximum atomic E-state index is 13.3. The summed E-state index contributed by atoms with van der Waals surface area (Å²) in [5, 5.41) is 3.14. The topological polar surface area (TPSA) is 54.0 Å². The molecule has 2 bridgehead atoms. The van der Waals surface area contributed by atoms with Crippen LogP contribution in [-0.4, -0.2) is 61.7 Å². The van der Waals surface area contributed by atoms with Crippen LogP contribution in [0, 0.1) is 0 Å². The lowest BCUT2D eigenvalue weighted by Gasteiger charge is -2.26. The monoisotopic (exact) mass is 555 g/mol. The average molecular weight is 556 g/mol. The number of hydrogen-bond donors (Lipinski definition) is 1. The predicted octanol–water partition coefficient (Wildman–Crippen LogP) is 5.81. The lowest BCUT2D eigenvalue weighted by Crippen LogP contribution is -2.35. The van der Waals surface area contributed by atoms with Crippen molar-refractivity contribution >= 4 is 5.91 Å². The van der Waals surface area contributed by atoms with Gasteiger partial charge in [0.1, 0.15) is 5.75 Å². The van der Waals surface area contributed by atoms with Gasteiger partial charge in [-0.15, -0.1) is 0 Å². The molecule has 0 saturated carbocycles. The highest BCUT2D eigenvalue weighted by Gasteiger charge is 2.14. The van der Waals surface area contributed by atoms with Crippen molar-refractivity contribution in [2.75, 3.05) is 46.0 Å². The molecule has 0 radical (unpaired) electrons. The van der Waals surface area contributed by atoms with E-state index < -0.39 is 0 Å². The van der Waals surface area contributed by atoms with E-state index >= 15 is 0 Å². The Balaban J connectivity index is 1.27. The first-order valence-corrected chi connectivity index (χ1v) is 15.4. The van der Waals surface area contributed by atoms with Gasteiger partial charge in [-0.25, -0.2) is 0 Å². The van der Waals surface area contributed by atoms with Crippen LogP contribution in [0.15, 0.2) is 66.7 Å². The van der Waals surface area contributed by atoms with Gasteiger partial charge in [-0.3, -0.25) is 14.6 Å². The normalized spacial score (nSPS) is 17.2. The molecule has 2 aliphatic heterocycles. The lowest BCUT2D eigenvalue weighted by molar-refractivity contribution is 0.0342. The number of nitrogens with zero attached hydrogens (tertiary/aromatic N) is 2. The van der Waals surface area contributed by atoms with Crippen molar-refractivity contribution in [1.82, 2.24) is 15.1 Å². The quantitative estimate of drug-likeness (QED) is 0.399. The number of nitrogens with one attached hydrogen (secondary N) is 1. The van der Waals surface area contributed by atoms with Gasteiger partial charge in [-0.05, 0) is 84.8 Å². The molecule has 2 aliphatic rings. The number of morpholine rings is 1. The molecular weight excluding hydrogens is 510 g/mol. The van der Waals surface area contributed by atoms with Gasteiger partial charge < -0.3 is 14.8 Å². The Morgan fingerprint density at radius 3 is 2.54 bits per heavy atom. The van der Waals surface area contributed by atoms with Crippen LogP contribution in [0.25, 0.3) is 0 Å². The molecule has 5 rings (SSSR count). The van der Waals surface area contributed by atoms with Gasteiger partial charge in [0.15, 0.2) is 0 Å². The summed E-state index contributed by atoms with van der Waals surface area (Å²) in [4.78, 5) is 18.2. The molecule has 6 heteroatoms. The van der Waals surface area contributed by atoms with Crippen LogP contribution in [0.5, 0.6) is 5.75 Å². The third-order valence-electron chi connectivity index (χ3n) is 7.99. The Bertz CT molecular complexity index is 1270. The summed E-state index contributed by atoms with van der Waals surface area (Å²) in [5.74, 6) is 0.821. The van der Waals surface area contributed by atoms with Gasteiger partial charge in [-0.2, -0.15) is 0 Å². The van der Waals surface area contributed by atoms with Crippen LogP contribution in [0.3, 0.4) is 0 Å². The number of carbonyl (C=O) groups excluding carboxylic acids is 1. The zero-order chi connectivity index (χ0) is 28.3. The van der Waals surface area contributed by atoms with Gasteiger partial charge in [-0.1, -0.05) is 55.5 Å². The molecule has 0 atom stereocenters. The van der Waals surface area contributed by atoms with Crippen molar-refractivity contribution in [3.05, 3.63) is 100 Å². The Morgan fingerprint density at radius 2 is 1.66 bits per heavy atom. The van der Waals surface area contributed by atoms with Gasteiger partial charge in [0.2, 0.25) is 0 Å². The minimum Gasteiger partial charge on any atom is -0.493 e. The summed E-state index contributed by atoms with van der Waals surface area (Å²) in [6.45, 7) is 11.1. The fourth-order valence-corrected chi connectivity index (χ4v) is 5.84. The Morgan fingerprint density at radius 1 is 0.829 bits per heavy atom. The van der Waals surface area contributed by atoms with Crippen LogP contribution in [0.4, 0.5) is 0 Å². The van der Waals surface area contributed by atoms with E-state index in [1.807, 2.05) is 18.2 Å². The molecule has 1 N–H and O–H groups in total. The van der Waals surface area contributed by atoms with E-state index in [1.54, 1.807) is 0 Å². The molecular formula is C35H45N3O3. The molecule has 1 fully saturated rings. The molecule has 6 nitrogen and oxygen atoms in total. The molecule has 2 heterocycles. The van der Waals surface area contributed by atoms with E-state index in [1.165, 1.54) is 29.5 Å². The van der Waals surface area contributed by atoms with Crippen molar-refractivity contribution in [2.45, 2.75) is 58.7 Å². The first-order chi connectivity index (χ1) is 20.2. The summed E-state index contributed by atoms with van der Waals surface area (Å²) >= 11 is 0. The lowest BCUT2D eigenvalue weighted by atomic mass is 9.99. The van der Waals surface area contributed by atoms with E-state index in [9.17, 15) is 4.79 Å². The number of ether oxygens (including phenoxy) is 2. The Kier molecular flexibility index (Phi) is 10.8. The van der Waals surface area contributed by atoms with E-state index in [4.69, 9.17) is 9.47 Å². The van der Waals surface area contributed by atoms with E-state index in [-0.39, 0.29) is 5.91 Å². The van der Waals surface area contributed by atoms with Crippen molar-refractivity contribution in [1.29, 1.82) is 0 Å². The number of carbonyl (C=O) groups is 1. The van der Waals surface area contributed by atoms with Crippen molar-refractivity contribution in [2.24, 2.45) is 0 Å². The maximum Gasteiger partial charge on any atom is 0.251 e. The molecule has 1 saturated heterocycles. The highest BCUT2D eigenvalue weighted by atomic mass is 16.5. The fourth-order valence-electron chi connectivity index (χ4n) is 5.84. The Hall–Kier alpha value is -3.19. The van der Waals surface area contributed by atoms with Crippen molar-refractivity contribution in [3.63, 3.8) is 0 Å². The predicted molar refractivity (Wildman–Crippen MR) is 164 cm³/mol. The second-order valence-electron chi connectivity index (χ2n) is 11.4. The fraction of sp³-hybridized carbons (Fsp3) is 0.457. The second kappa shape index (κ2) is 15.2. The number of hydrogen-bond acceptors (Lipinski definition) is 5. The zero-order valence-corrected chi connectivity index (χ0v) is 24.6. The summed E-state index contributed by atoms with van der Waals surface area (Å²) in [7, 11) is 0. The van der Waals surface area contributed by atoms with Gasteiger partial charge in [0, 0.05) is 44.7 Å². The minimum atomic E-state index is -0.0604. The summed E-state index contributed by atoms with van der Waals surface area (Å²) < 4.78 is 11.7. The van der Waals surface area contributed by atoms with Gasteiger partial charge in [0.05, 0.1) is 19.8 Å². The smallest absolute Gasteiger partial charge is 0.251 e. The van der Waals surface area contributed by atoms with E-state index in [2.05, 4.69) is 70.6 Å². The second-order valence-corrected chi connectivity index (χ2v) is 11.4. The molecule has 1 amide bonds. The van der Waals surface area contributed by atoms with E-state index in [0.29, 0.717) is 18.7 Å². The first kappa shape index (κ1) is 29.3. The number of benzene rings is 3. The Labute approximate surface area is 245 Å². The van der Waals surface area contributed by atoms with Crippen molar-refractivity contribution in [3.8, 4) is 5.75 Å². The zero-order valence-electron chi connectivity index (χ0n) is 24.6. The van der Waals surface area contributed by atoms with Crippen LogP contribution in [0.1, 0.15) is 70.8 Å². The third-order valence-corrected chi connectivity index (χ3v) is 7.99. The average Bonchev–Trinajstić information content (AvgIpc) is 2.99. The highest BCUT2D eigenvalue weighted by Crippen LogP contribution is 2.25. The third kappa shape index (κ3) is 8.90. The maximum absolute atomic E-state index is 13.3. The minimum absolute atomic E-state index is 0.0604. The standard InChI is InChI=1S/C35H45N3O3/c1-2-14-37-15-4-3-5-18-41-34-13-12-32(24-33(34)23-28-8-6-10-30(21-28)26-37)35(39)36-25-29-9-7-11-31(22-29)27-38-16-19-40-20-17-38/h6-13,21-22,24H,2-5,14-20,23,25-27H2,1H3,(H,36,39). The first-order valence-electron chi connectivity index (χ1n) is 15.4. The summed E-state index contributed by atoms with van der Waals surface area (Å²) in [6, 6.07) is 23.3. The van der Waals surface area contributed by atoms with Gasteiger partial charge in [0.25, 0.3) is 5.91 Å². The summed E-state index contributed by atoms with van der Waals surface area (Å²) in [5.41, 5.74) is 6.70. The van der Waals surface area contributed by atoms with E-state index in [0.717, 1.165) is 88.6 Å². The largest absolute Gasteiger partial charge is 0.493 e. The molecule has 41 heavy (non-hydrogen) atoms. The van der Waals surface area contributed by atoms with Gasteiger partial charge >= 0.3 is 0 Å². The SMILES string of the molecule is CCCN1CCCCCOc2ccc(C(=O)NCc3cccc(CN4CCOCC4)c3)cc2Cc2cccc(c2)C1. The molecule has 0 spiro atoms. The molecule has 0 aromatic heterocycles. The molecule has 0 unspecified atom stereocenters. The molecule has 3 aromatic carbocycles. The van der Waals surface area contributed by atoms with Crippen LogP contribution < -0.4 is 10.1 Å². The number of amides is 1. The molecule has 0 aliphatic carbocycles. The van der Waals surface area contributed by atoms with Crippen LogP contribution in [0.2, 0.25) is 0 Å². The molecule has 218 valence electrons. The number of fused-ring (bicyclic) bond motifs is 3. The number of rotatable bonds is 7. The summed E-state index contributed by atoms with van der Waals surface area (Å²) in [6.07, 6.45) is 5.29. The molecule has 3 aromatic rings. The van der Waals surface area contributed by atoms with Crippen LogP contribution in [-0.2, 0) is 30.8 Å².